The number of aryl methyl sites for hydroxylation is 1. The summed E-state index contributed by atoms with van der Waals surface area (Å²) >= 11 is 1.56. The van der Waals surface area contributed by atoms with Crippen molar-refractivity contribution in [1.29, 1.82) is 0 Å². The Morgan fingerprint density at radius 3 is 2.82 bits per heavy atom. The fourth-order valence-corrected chi connectivity index (χ4v) is 1.19. The van der Waals surface area contributed by atoms with Gasteiger partial charge in [-0.25, -0.2) is 4.98 Å². The highest BCUT2D eigenvalue weighted by atomic mass is 32.1. The summed E-state index contributed by atoms with van der Waals surface area (Å²) in [4.78, 5) is 4.18. The first-order valence-corrected chi connectivity index (χ1v) is 4.25. The van der Waals surface area contributed by atoms with Gasteiger partial charge in [0.05, 0.1) is 5.69 Å². The van der Waals surface area contributed by atoms with Gasteiger partial charge in [-0.15, -0.1) is 11.3 Å². The van der Waals surface area contributed by atoms with Crippen LogP contribution in [-0.2, 0) is 0 Å². The van der Waals surface area contributed by atoms with Gasteiger partial charge in [-0.3, -0.25) is 5.43 Å². The third-order valence-electron chi connectivity index (χ3n) is 0.994. The molecule has 0 fully saturated rings. The molecule has 0 aliphatic carbocycles. The van der Waals surface area contributed by atoms with Crippen LogP contribution in [0.25, 0.3) is 0 Å². The summed E-state index contributed by atoms with van der Waals surface area (Å²) in [6.07, 6.45) is 0. The zero-order valence-electron chi connectivity index (χ0n) is 6.88. The van der Waals surface area contributed by atoms with E-state index in [2.05, 4.69) is 15.5 Å². The average Bonchev–Trinajstić information content (AvgIpc) is 2.31. The lowest BCUT2D eigenvalue weighted by molar-refractivity contribution is 1.21. The summed E-state index contributed by atoms with van der Waals surface area (Å²) in [6, 6.07) is 0. The van der Waals surface area contributed by atoms with Crippen molar-refractivity contribution in [2.45, 2.75) is 20.8 Å². The average molecular weight is 169 g/mol. The fraction of sp³-hybridized carbons (Fsp3) is 0.429. The molecule has 0 saturated heterocycles. The van der Waals surface area contributed by atoms with Crippen molar-refractivity contribution < 1.29 is 0 Å². The van der Waals surface area contributed by atoms with E-state index in [4.69, 9.17) is 0 Å². The zero-order valence-corrected chi connectivity index (χ0v) is 7.70. The number of aromatic nitrogens is 1. The third-order valence-corrected chi connectivity index (χ3v) is 1.86. The molecule has 0 aliphatic heterocycles. The van der Waals surface area contributed by atoms with Crippen molar-refractivity contribution in [3.05, 3.63) is 11.1 Å². The second-order valence-corrected chi connectivity index (χ2v) is 3.32. The predicted octanol–water partition coefficient (Wildman–Crippen LogP) is 2.26. The normalized spacial score (nSPS) is 9.36. The Hall–Kier alpha value is -0.900. The SMILES string of the molecule is CC(C)=NNc1nc(C)cs1. The van der Waals surface area contributed by atoms with Crippen LogP contribution in [0.2, 0.25) is 0 Å². The highest BCUT2D eigenvalue weighted by molar-refractivity contribution is 7.13. The highest BCUT2D eigenvalue weighted by Crippen LogP contribution is 2.13. The number of nitrogens with one attached hydrogen (secondary N) is 1. The second-order valence-electron chi connectivity index (χ2n) is 2.46. The molecule has 0 radical (unpaired) electrons. The molecule has 0 amide bonds. The molecule has 0 atom stereocenters. The molecule has 1 N–H and O–H groups in total. The molecule has 0 spiro atoms. The highest BCUT2D eigenvalue weighted by Gasteiger charge is 1.93. The van der Waals surface area contributed by atoms with E-state index in [0.29, 0.717) is 0 Å². The van der Waals surface area contributed by atoms with Gasteiger partial charge in [0.25, 0.3) is 0 Å². The van der Waals surface area contributed by atoms with Crippen molar-refractivity contribution in [3.63, 3.8) is 0 Å². The van der Waals surface area contributed by atoms with E-state index in [1.807, 2.05) is 26.2 Å². The van der Waals surface area contributed by atoms with Crippen LogP contribution >= 0.6 is 11.3 Å². The lowest BCUT2D eigenvalue weighted by atomic mass is 10.5. The maximum Gasteiger partial charge on any atom is 0.203 e. The van der Waals surface area contributed by atoms with Crippen LogP contribution < -0.4 is 5.43 Å². The standard InChI is InChI=1S/C7H11N3S/c1-5(2)9-10-7-8-6(3)4-11-7/h4H,1-3H3,(H,8,10). The van der Waals surface area contributed by atoms with Crippen molar-refractivity contribution in [2.75, 3.05) is 5.43 Å². The number of hydrogen-bond acceptors (Lipinski definition) is 4. The first kappa shape index (κ1) is 8.20. The Balaban J connectivity index is 2.58. The van der Waals surface area contributed by atoms with E-state index in [9.17, 15) is 0 Å². The van der Waals surface area contributed by atoms with Gasteiger partial charge in [0, 0.05) is 11.1 Å². The Bertz CT molecular complexity index is 260. The molecule has 0 unspecified atom stereocenters. The first-order valence-electron chi connectivity index (χ1n) is 3.37. The molecule has 0 bridgehead atoms. The Labute approximate surface area is 70.2 Å². The van der Waals surface area contributed by atoms with Crippen molar-refractivity contribution in [2.24, 2.45) is 5.10 Å². The minimum absolute atomic E-state index is 0.851. The van der Waals surface area contributed by atoms with Crippen molar-refractivity contribution in [1.82, 2.24) is 4.98 Å². The number of hydrogen-bond donors (Lipinski definition) is 1. The molecule has 11 heavy (non-hydrogen) atoms. The van der Waals surface area contributed by atoms with E-state index in [1.165, 1.54) is 0 Å². The van der Waals surface area contributed by atoms with Gasteiger partial charge < -0.3 is 0 Å². The van der Waals surface area contributed by atoms with E-state index >= 15 is 0 Å². The van der Waals surface area contributed by atoms with Crippen molar-refractivity contribution >= 4 is 22.2 Å². The zero-order chi connectivity index (χ0) is 8.27. The minimum atomic E-state index is 0.851. The molecule has 0 saturated carbocycles. The topological polar surface area (TPSA) is 37.3 Å². The van der Waals surface area contributed by atoms with Crippen LogP contribution in [0.5, 0.6) is 0 Å². The fourth-order valence-electron chi connectivity index (χ4n) is 0.565. The van der Waals surface area contributed by atoms with Crippen LogP contribution in [0.1, 0.15) is 19.5 Å². The van der Waals surface area contributed by atoms with Crippen LogP contribution in [0.15, 0.2) is 10.5 Å². The maximum atomic E-state index is 4.18. The monoisotopic (exact) mass is 169 g/mol. The number of nitrogens with zero attached hydrogens (tertiary/aromatic N) is 2. The summed E-state index contributed by atoms with van der Waals surface area (Å²) in [5.74, 6) is 0. The Morgan fingerprint density at radius 2 is 2.36 bits per heavy atom. The van der Waals surface area contributed by atoms with E-state index in [-0.39, 0.29) is 0 Å². The number of anilines is 1. The summed E-state index contributed by atoms with van der Waals surface area (Å²) in [6.45, 7) is 5.84. The van der Waals surface area contributed by atoms with Crippen LogP contribution in [0.4, 0.5) is 5.13 Å². The molecule has 1 rings (SSSR count). The molecular formula is C7H11N3S. The number of hydrazone groups is 1. The van der Waals surface area contributed by atoms with E-state index in [0.717, 1.165) is 16.5 Å². The van der Waals surface area contributed by atoms with Crippen LogP contribution in [0.3, 0.4) is 0 Å². The summed E-state index contributed by atoms with van der Waals surface area (Å²) in [5.41, 5.74) is 4.89. The van der Waals surface area contributed by atoms with Crippen LogP contribution in [0, 0.1) is 6.92 Å². The second kappa shape index (κ2) is 3.48. The molecule has 60 valence electrons. The lowest BCUT2D eigenvalue weighted by Gasteiger charge is -1.92. The van der Waals surface area contributed by atoms with E-state index in [1.54, 1.807) is 11.3 Å². The number of thiazole rings is 1. The third kappa shape index (κ3) is 2.67. The van der Waals surface area contributed by atoms with Crippen LogP contribution in [-0.4, -0.2) is 10.7 Å². The van der Waals surface area contributed by atoms with Gasteiger partial charge in [-0.05, 0) is 20.8 Å². The molecule has 0 aliphatic rings. The van der Waals surface area contributed by atoms with Gasteiger partial charge in [-0.2, -0.15) is 5.10 Å². The Morgan fingerprint density at radius 1 is 1.64 bits per heavy atom. The van der Waals surface area contributed by atoms with Gasteiger partial charge in [0.1, 0.15) is 0 Å². The van der Waals surface area contributed by atoms with E-state index < -0.39 is 0 Å². The molecule has 0 aromatic carbocycles. The quantitative estimate of drug-likeness (QED) is 0.544. The summed E-state index contributed by atoms with van der Waals surface area (Å²) < 4.78 is 0. The molecule has 1 heterocycles. The van der Waals surface area contributed by atoms with Gasteiger partial charge >= 0.3 is 0 Å². The smallest absolute Gasteiger partial charge is 0.203 e. The lowest BCUT2D eigenvalue weighted by Crippen LogP contribution is -1.91. The van der Waals surface area contributed by atoms with Gasteiger partial charge in [0.15, 0.2) is 0 Å². The maximum absolute atomic E-state index is 4.18. The molecule has 3 nitrogen and oxygen atoms in total. The van der Waals surface area contributed by atoms with Gasteiger partial charge in [-0.1, -0.05) is 0 Å². The van der Waals surface area contributed by atoms with Gasteiger partial charge in [0.2, 0.25) is 5.13 Å². The first-order chi connectivity index (χ1) is 5.18. The largest absolute Gasteiger partial charge is 0.253 e. The van der Waals surface area contributed by atoms with Crippen molar-refractivity contribution in [3.8, 4) is 0 Å². The predicted molar refractivity (Wildman–Crippen MR) is 49.3 cm³/mol. The summed E-state index contributed by atoms with van der Waals surface area (Å²) in [7, 11) is 0. The minimum Gasteiger partial charge on any atom is -0.253 e. The molecular weight excluding hydrogens is 158 g/mol. The molecule has 1 aromatic heterocycles. The molecule has 4 heteroatoms. The Kier molecular flexibility index (Phi) is 2.59. The number of rotatable bonds is 2. The summed E-state index contributed by atoms with van der Waals surface area (Å²) in [5, 5.41) is 6.86. The molecule has 1 aromatic rings.